The molecule has 1 aliphatic rings. The summed E-state index contributed by atoms with van der Waals surface area (Å²) in [7, 11) is -3.63. The van der Waals surface area contributed by atoms with Gasteiger partial charge in [0.1, 0.15) is 6.61 Å². The molecule has 28 heavy (non-hydrogen) atoms. The van der Waals surface area contributed by atoms with Crippen molar-refractivity contribution in [1.82, 2.24) is 4.31 Å². The largest absolute Gasteiger partial charge is 0.457 e. The maximum atomic E-state index is 13.0. The minimum atomic E-state index is -3.63. The third-order valence-electron chi connectivity index (χ3n) is 4.81. The summed E-state index contributed by atoms with van der Waals surface area (Å²) in [5.74, 6) is -0.584. The number of nitrogens with zero attached hydrogens (tertiary/aromatic N) is 2. The van der Waals surface area contributed by atoms with Gasteiger partial charge in [0.05, 0.1) is 22.1 Å². The molecule has 0 unspecified atom stereocenters. The van der Waals surface area contributed by atoms with Crippen molar-refractivity contribution in [2.24, 2.45) is 0 Å². The number of esters is 1. The van der Waals surface area contributed by atoms with Gasteiger partial charge >= 0.3 is 5.97 Å². The molecular formula is C21H22N2O4S. The monoisotopic (exact) mass is 398 g/mol. The predicted molar refractivity (Wildman–Crippen MR) is 104 cm³/mol. The summed E-state index contributed by atoms with van der Waals surface area (Å²) in [4.78, 5) is 12.6. The fourth-order valence-electron chi connectivity index (χ4n) is 3.16. The number of carbonyl (C=O) groups excluding carboxylic acids is 1. The first-order chi connectivity index (χ1) is 13.4. The van der Waals surface area contributed by atoms with E-state index in [1.165, 1.54) is 10.4 Å². The molecule has 0 atom stereocenters. The van der Waals surface area contributed by atoms with E-state index in [1.807, 2.05) is 6.07 Å². The van der Waals surface area contributed by atoms with Gasteiger partial charge in [0.25, 0.3) is 0 Å². The lowest BCUT2D eigenvalue weighted by molar-refractivity contribution is 0.0472. The number of hydrogen-bond acceptors (Lipinski definition) is 5. The van der Waals surface area contributed by atoms with Crippen LogP contribution < -0.4 is 0 Å². The minimum absolute atomic E-state index is 0.0482. The van der Waals surface area contributed by atoms with Gasteiger partial charge < -0.3 is 4.74 Å². The molecule has 0 saturated carbocycles. The average molecular weight is 398 g/mol. The van der Waals surface area contributed by atoms with E-state index in [0.29, 0.717) is 24.2 Å². The van der Waals surface area contributed by atoms with Gasteiger partial charge in [-0.2, -0.15) is 9.57 Å². The van der Waals surface area contributed by atoms with Gasteiger partial charge in [-0.3, -0.25) is 0 Å². The molecule has 2 aromatic carbocycles. The summed E-state index contributed by atoms with van der Waals surface area (Å²) >= 11 is 0. The summed E-state index contributed by atoms with van der Waals surface area (Å²) in [6.45, 7) is 2.79. The zero-order chi connectivity index (χ0) is 20.1. The van der Waals surface area contributed by atoms with Crippen molar-refractivity contribution in [2.75, 3.05) is 13.1 Å². The number of sulfonamides is 1. The Kier molecular flexibility index (Phi) is 6.12. The van der Waals surface area contributed by atoms with Crippen LogP contribution >= 0.6 is 0 Å². The first-order valence-corrected chi connectivity index (χ1v) is 10.6. The molecule has 7 heteroatoms. The molecule has 0 bridgehead atoms. The number of aryl methyl sites for hydroxylation is 1. The van der Waals surface area contributed by atoms with Crippen LogP contribution in [0.1, 0.15) is 46.3 Å². The molecule has 0 aliphatic carbocycles. The quantitative estimate of drug-likeness (QED) is 0.721. The summed E-state index contributed by atoms with van der Waals surface area (Å²) in [6, 6.07) is 13.4. The number of piperidine rings is 1. The van der Waals surface area contributed by atoms with Crippen LogP contribution in [0.15, 0.2) is 47.4 Å². The molecule has 0 aromatic heterocycles. The molecule has 1 heterocycles. The van der Waals surface area contributed by atoms with Crippen LogP contribution in [0.3, 0.4) is 0 Å². The smallest absolute Gasteiger partial charge is 0.338 e. The number of carbonyl (C=O) groups is 1. The van der Waals surface area contributed by atoms with E-state index in [2.05, 4.69) is 0 Å². The van der Waals surface area contributed by atoms with Crippen LogP contribution in [-0.4, -0.2) is 31.8 Å². The second kappa shape index (κ2) is 8.55. The number of ether oxygens (including phenoxy) is 1. The first-order valence-electron chi connectivity index (χ1n) is 9.19. The Bertz CT molecular complexity index is 1000. The van der Waals surface area contributed by atoms with Gasteiger partial charge in [-0.15, -0.1) is 0 Å². The van der Waals surface area contributed by atoms with Gasteiger partial charge in [0, 0.05) is 13.1 Å². The van der Waals surface area contributed by atoms with Crippen LogP contribution in [0.25, 0.3) is 0 Å². The van der Waals surface area contributed by atoms with Crippen LogP contribution in [0.4, 0.5) is 0 Å². The Morgan fingerprint density at radius 2 is 1.79 bits per heavy atom. The van der Waals surface area contributed by atoms with Crippen molar-refractivity contribution >= 4 is 16.0 Å². The standard InChI is InChI=1S/C21H22N2O4S/c1-16-5-10-19(13-20(16)28(25,26)23-11-3-2-4-12-23)21(24)27-15-18-8-6-17(14-22)7-9-18/h5-10,13H,2-4,11-12,15H2,1H3. The highest BCUT2D eigenvalue weighted by atomic mass is 32.2. The van der Waals surface area contributed by atoms with Crippen molar-refractivity contribution in [3.05, 3.63) is 64.7 Å². The summed E-state index contributed by atoms with van der Waals surface area (Å²) < 4.78 is 32.7. The van der Waals surface area contributed by atoms with E-state index < -0.39 is 16.0 Å². The highest BCUT2D eigenvalue weighted by Gasteiger charge is 2.28. The average Bonchev–Trinajstić information content (AvgIpc) is 2.73. The van der Waals surface area contributed by atoms with E-state index in [-0.39, 0.29) is 17.1 Å². The second-order valence-corrected chi connectivity index (χ2v) is 8.74. The van der Waals surface area contributed by atoms with Crippen LogP contribution in [0.5, 0.6) is 0 Å². The molecule has 6 nitrogen and oxygen atoms in total. The molecule has 1 aliphatic heterocycles. The number of benzene rings is 2. The van der Waals surface area contributed by atoms with E-state index in [9.17, 15) is 13.2 Å². The predicted octanol–water partition coefficient (Wildman–Crippen LogP) is 3.40. The third-order valence-corrected chi connectivity index (χ3v) is 6.85. The minimum Gasteiger partial charge on any atom is -0.457 e. The van der Waals surface area contributed by atoms with Crippen LogP contribution in [-0.2, 0) is 21.4 Å². The maximum absolute atomic E-state index is 13.0. The van der Waals surface area contributed by atoms with Gasteiger partial charge in [-0.05, 0) is 55.2 Å². The lowest BCUT2D eigenvalue weighted by atomic mass is 10.1. The molecule has 0 spiro atoms. The number of hydrogen-bond donors (Lipinski definition) is 0. The fourth-order valence-corrected chi connectivity index (χ4v) is 4.92. The normalized spacial score (nSPS) is 15.0. The molecule has 0 radical (unpaired) electrons. The van der Waals surface area contributed by atoms with Gasteiger partial charge in [0.15, 0.2) is 0 Å². The lowest BCUT2D eigenvalue weighted by Gasteiger charge is -2.26. The number of nitriles is 1. The Labute approximate surface area is 165 Å². The molecule has 1 saturated heterocycles. The molecule has 2 aromatic rings. The van der Waals surface area contributed by atoms with Crippen molar-refractivity contribution in [3.63, 3.8) is 0 Å². The third kappa shape index (κ3) is 4.41. The van der Waals surface area contributed by atoms with Crippen LogP contribution in [0.2, 0.25) is 0 Å². The SMILES string of the molecule is Cc1ccc(C(=O)OCc2ccc(C#N)cc2)cc1S(=O)(=O)N1CCCCC1. The lowest BCUT2D eigenvalue weighted by Crippen LogP contribution is -2.36. The fraction of sp³-hybridized carbons (Fsp3) is 0.333. The molecule has 3 rings (SSSR count). The Morgan fingerprint density at radius 1 is 1.11 bits per heavy atom. The first kappa shape index (κ1) is 20.1. The summed E-state index contributed by atoms with van der Waals surface area (Å²) in [5, 5.41) is 8.82. The Balaban J connectivity index is 1.76. The molecule has 0 amide bonds. The summed E-state index contributed by atoms with van der Waals surface area (Å²) in [5.41, 5.74) is 2.09. The molecule has 146 valence electrons. The van der Waals surface area contributed by atoms with Crippen LogP contribution in [0, 0.1) is 18.3 Å². The van der Waals surface area contributed by atoms with Gasteiger partial charge in [0.2, 0.25) is 10.0 Å². The second-order valence-electron chi connectivity index (χ2n) is 6.83. The van der Waals surface area contributed by atoms with Gasteiger partial charge in [-0.25, -0.2) is 13.2 Å². The zero-order valence-electron chi connectivity index (χ0n) is 15.7. The topological polar surface area (TPSA) is 87.5 Å². The van der Waals surface area contributed by atoms with E-state index in [4.69, 9.17) is 10.00 Å². The van der Waals surface area contributed by atoms with E-state index in [1.54, 1.807) is 43.3 Å². The zero-order valence-corrected chi connectivity index (χ0v) is 16.5. The maximum Gasteiger partial charge on any atom is 0.338 e. The summed E-state index contributed by atoms with van der Waals surface area (Å²) in [6.07, 6.45) is 2.74. The highest BCUT2D eigenvalue weighted by Crippen LogP contribution is 2.24. The Hall–Kier alpha value is -2.69. The molecular weight excluding hydrogens is 376 g/mol. The van der Waals surface area contributed by atoms with E-state index >= 15 is 0 Å². The number of rotatable bonds is 5. The molecule has 1 fully saturated rings. The van der Waals surface area contributed by atoms with Crippen molar-refractivity contribution in [1.29, 1.82) is 5.26 Å². The Morgan fingerprint density at radius 3 is 2.43 bits per heavy atom. The van der Waals surface area contributed by atoms with Crippen molar-refractivity contribution in [3.8, 4) is 6.07 Å². The van der Waals surface area contributed by atoms with Crippen molar-refractivity contribution < 1.29 is 17.9 Å². The van der Waals surface area contributed by atoms with Gasteiger partial charge in [-0.1, -0.05) is 24.6 Å². The molecule has 0 N–H and O–H groups in total. The highest BCUT2D eigenvalue weighted by molar-refractivity contribution is 7.89. The van der Waals surface area contributed by atoms with E-state index in [0.717, 1.165) is 24.8 Å². The van der Waals surface area contributed by atoms with Crippen molar-refractivity contribution in [2.45, 2.75) is 37.7 Å².